The van der Waals surface area contributed by atoms with Crippen molar-refractivity contribution >= 4 is 28.7 Å². The van der Waals surface area contributed by atoms with Crippen LogP contribution in [0.25, 0.3) is 11.0 Å². The van der Waals surface area contributed by atoms with Crippen molar-refractivity contribution in [2.75, 3.05) is 14.1 Å². The van der Waals surface area contributed by atoms with Gasteiger partial charge in [0.1, 0.15) is 5.75 Å². The molecule has 1 heterocycles. The summed E-state index contributed by atoms with van der Waals surface area (Å²) < 4.78 is 10.6. The molecule has 0 bridgehead atoms. The molecule has 0 aliphatic heterocycles. The first-order valence-corrected chi connectivity index (χ1v) is 7.42. The highest BCUT2D eigenvalue weighted by atomic mass is 35.5. The van der Waals surface area contributed by atoms with Crippen molar-refractivity contribution in [2.24, 2.45) is 0 Å². The standard InChI is InChI=1S/C17H15ClN2O3/c1-20(2)17(21)22-13-7-8-14-15(19-23-16(14)10-13)9-11-3-5-12(18)6-4-11/h3-8,10H,9H2,1-2H3. The van der Waals surface area contributed by atoms with Crippen molar-refractivity contribution in [3.63, 3.8) is 0 Å². The molecule has 0 spiro atoms. The number of hydrogen-bond acceptors (Lipinski definition) is 4. The van der Waals surface area contributed by atoms with E-state index >= 15 is 0 Å². The molecule has 3 rings (SSSR count). The lowest BCUT2D eigenvalue weighted by atomic mass is 10.1. The van der Waals surface area contributed by atoms with Gasteiger partial charge in [0.15, 0.2) is 5.58 Å². The average Bonchev–Trinajstić information content (AvgIpc) is 2.92. The van der Waals surface area contributed by atoms with Gasteiger partial charge in [0.25, 0.3) is 0 Å². The van der Waals surface area contributed by atoms with E-state index in [1.807, 2.05) is 30.3 Å². The third-order valence-electron chi connectivity index (χ3n) is 3.37. The zero-order valence-electron chi connectivity index (χ0n) is 12.7. The van der Waals surface area contributed by atoms with Crippen LogP contribution in [0.5, 0.6) is 5.75 Å². The third kappa shape index (κ3) is 3.46. The highest BCUT2D eigenvalue weighted by Gasteiger charge is 2.12. The quantitative estimate of drug-likeness (QED) is 0.724. The predicted molar refractivity (Wildman–Crippen MR) is 88.0 cm³/mol. The Morgan fingerprint density at radius 1 is 1.22 bits per heavy atom. The molecular weight excluding hydrogens is 316 g/mol. The van der Waals surface area contributed by atoms with Crippen molar-refractivity contribution in [3.05, 3.63) is 58.7 Å². The van der Waals surface area contributed by atoms with Gasteiger partial charge in [-0.15, -0.1) is 0 Å². The summed E-state index contributed by atoms with van der Waals surface area (Å²) in [5, 5.41) is 5.70. The maximum absolute atomic E-state index is 11.6. The summed E-state index contributed by atoms with van der Waals surface area (Å²) >= 11 is 5.89. The van der Waals surface area contributed by atoms with E-state index in [4.69, 9.17) is 20.9 Å². The van der Waals surface area contributed by atoms with Crippen molar-refractivity contribution in [1.82, 2.24) is 10.1 Å². The third-order valence-corrected chi connectivity index (χ3v) is 3.63. The Bertz CT molecular complexity index is 841. The summed E-state index contributed by atoms with van der Waals surface area (Å²) in [5.41, 5.74) is 2.50. The fourth-order valence-corrected chi connectivity index (χ4v) is 2.27. The van der Waals surface area contributed by atoms with E-state index in [-0.39, 0.29) is 0 Å². The van der Waals surface area contributed by atoms with Gasteiger partial charge < -0.3 is 14.2 Å². The molecular formula is C17H15ClN2O3. The van der Waals surface area contributed by atoms with Gasteiger partial charge in [0.2, 0.25) is 0 Å². The number of ether oxygens (including phenoxy) is 1. The van der Waals surface area contributed by atoms with Gasteiger partial charge in [-0.1, -0.05) is 28.9 Å². The topological polar surface area (TPSA) is 55.6 Å². The molecule has 0 saturated carbocycles. The maximum atomic E-state index is 11.6. The molecule has 23 heavy (non-hydrogen) atoms. The zero-order chi connectivity index (χ0) is 16.4. The number of rotatable bonds is 3. The minimum atomic E-state index is -0.440. The normalized spacial score (nSPS) is 10.7. The molecule has 0 fully saturated rings. The Balaban J connectivity index is 1.83. The Morgan fingerprint density at radius 3 is 2.65 bits per heavy atom. The molecule has 0 radical (unpaired) electrons. The van der Waals surface area contributed by atoms with Crippen molar-refractivity contribution in [1.29, 1.82) is 0 Å². The Morgan fingerprint density at radius 2 is 1.96 bits per heavy atom. The second-order valence-corrected chi connectivity index (χ2v) is 5.79. The molecule has 0 unspecified atom stereocenters. The van der Waals surface area contributed by atoms with Crippen molar-refractivity contribution in [2.45, 2.75) is 6.42 Å². The van der Waals surface area contributed by atoms with Crippen LogP contribution < -0.4 is 4.74 Å². The zero-order valence-corrected chi connectivity index (χ0v) is 13.5. The van der Waals surface area contributed by atoms with Crippen LogP contribution in [0.15, 0.2) is 47.0 Å². The number of carbonyl (C=O) groups excluding carboxylic acids is 1. The van der Waals surface area contributed by atoms with Crippen molar-refractivity contribution < 1.29 is 14.1 Å². The molecule has 5 nitrogen and oxygen atoms in total. The van der Waals surface area contributed by atoms with Gasteiger partial charge in [-0.25, -0.2) is 4.79 Å². The van der Waals surface area contributed by atoms with Crippen molar-refractivity contribution in [3.8, 4) is 5.75 Å². The van der Waals surface area contributed by atoms with E-state index in [0.29, 0.717) is 22.8 Å². The van der Waals surface area contributed by atoms with E-state index in [9.17, 15) is 4.79 Å². The summed E-state index contributed by atoms with van der Waals surface area (Å²) in [5.74, 6) is 0.422. The lowest BCUT2D eigenvalue weighted by Crippen LogP contribution is -2.25. The fraction of sp³-hybridized carbons (Fsp3) is 0.176. The minimum absolute atomic E-state index is 0.422. The number of nitrogens with zero attached hydrogens (tertiary/aromatic N) is 2. The first-order chi connectivity index (χ1) is 11.0. The average molecular weight is 331 g/mol. The second-order valence-electron chi connectivity index (χ2n) is 5.35. The van der Waals surface area contributed by atoms with Crippen LogP contribution in [0.1, 0.15) is 11.3 Å². The van der Waals surface area contributed by atoms with E-state index in [1.165, 1.54) is 4.90 Å². The first-order valence-electron chi connectivity index (χ1n) is 7.05. The van der Waals surface area contributed by atoms with Gasteiger partial charge in [0.05, 0.1) is 5.69 Å². The van der Waals surface area contributed by atoms with E-state index in [2.05, 4.69) is 5.16 Å². The van der Waals surface area contributed by atoms with Crippen LogP contribution >= 0.6 is 11.6 Å². The maximum Gasteiger partial charge on any atom is 0.414 e. The SMILES string of the molecule is CN(C)C(=O)Oc1ccc2c(Cc3ccc(Cl)cc3)noc2c1. The van der Waals surface area contributed by atoms with Gasteiger partial charge in [-0.2, -0.15) is 0 Å². The molecule has 0 atom stereocenters. The predicted octanol–water partition coefficient (Wildman–Crippen LogP) is 4.13. The number of carbonyl (C=O) groups is 1. The molecule has 1 amide bonds. The molecule has 6 heteroatoms. The summed E-state index contributed by atoms with van der Waals surface area (Å²) in [6.45, 7) is 0. The molecule has 3 aromatic rings. The summed E-state index contributed by atoms with van der Waals surface area (Å²) in [6.07, 6.45) is 0.200. The number of hydrogen-bond donors (Lipinski definition) is 0. The molecule has 0 saturated heterocycles. The second kappa shape index (κ2) is 6.30. The highest BCUT2D eigenvalue weighted by molar-refractivity contribution is 6.30. The van der Waals surface area contributed by atoms with E-state index in [0.717, 1.165) is 16.6 Å². The Kier molecular flexibility index (Phi) is 4.21. The number of benzene rings is 2. The van der Waals surface area contributed by atoms with Crippen LogP contribution in [0.2, 0.25) is 5.02 Å². The lowest BCUT2D eigenvalue weighted by Gasteiger charge is -2.10. The fourth-order valence-electron chi connectivity index (χ4n) is 2.15. The van der Waals surface area contributed by atoms with Gasteiger partial charge >= 0.3 is 6.09 Å². The smallest absolute Gasteiger partial charge is 0.410 e. The summed E-state index contributed by atoms with van der Waals surface area (Å²) in [4.78, 5) is 12.9. The Hall–Kier alpha value is -2.53. The van der Waals surface area contributed by atoms with Crippen LogP contribution in [0.4, 0.5) is 4.79 Å². The molecule has 0 aliphatic rings. The lowest BCUT2D eigenvalue weighted by molar-refractivity contribution is 0.172. The molecule has 118 valence electrons. The van der Waals surface area contributed by atoms with Crippen LogP contribution in [-0.4, -0.2) is 30.2 Å². The van der Waals surface area contributed by atoms with Crippen LogP contribution in [-0.2, 0) is 6.42 Å². The number of aromatic nitrogens is 1. The molecule has 2 aromatic carbocycles. The van der Waals surface area contributed by atoms with E-state index < -0.39 is 6.09 Å². The van der Waals surface area contributed by atoms with Crippen LogP contribution in [0, 0.1) is 0 Å². The Labute approximate surface area is 138 Å². The summed E-state index contributed by atoms with van der Waals surface area (Å²) in [6, 6.07) is 12.8. The molecule has 0 aliphatic carbocycles. The van der Waals surface area contributed by atoms with Gasteiger partial charge in [-0.05, 0) is 29.8 Å². The number of fused-ring (bicyclic) bond motifs is 1. The number of halogens is 1. The number of amides is 1. The first kappa shape index (κ1) is 15.4. The van der Waals surface area contributed by atoms with Gasteiger partial charge in [-0.3, -0.25) is 0 Å². The monoisotopic (exact) mass is 330 g/mol. The summed E-state index contributed by atoms with van der Waals surface area (Å²) in [7, 11) is 3.25. The molecule has 0 N–H and O–H groups in total. The van der Waals surface area contributed by atoms with E-state index in [1.54, 1.807) is 26.2 Å². The highest BCUT2D eigenvalue weighted by Crippen LogP contribution is 2.26. The molecule has 1 aromatic heterocycles. The largest absolute Gasteiger partial charge is 0.414 e. The van der Waals surface area contributed by atoms with Crippen LogP contribution in [0.3, 0.4) is 0 Å². The minimum Gasteiger partial charge on any atom is -0.410 e. The van der Waals surface area contributed by atoms with Gasteiger partial charge in [0, 0.05) is 37.0 Å².